The van der Waals surface area contributed by atoms with Crippen molar-refractivity contribution in [3.05, 3.63) is 0 Å². The van der Waals surface area contributed by atoms with Crippen molar-refractivity contribution >= 4 is 11.9 Å². The highest BCUT2D eigenvalue weighted by molar-refractivity contribution is 5.82. The van der Waals surface area contributed by atoms with Crippen molar-refractivity contribution in [1.82, 2.24) is 4.90 Å². The Morgan fingerprint density at radius 1 is 1.25 bits per heavy atom. The molecule has 5 heteroatoms. The molecule has 2 fully saturated rings. The summed E-state index contributed by atoms with van der Waals surface area (Å²) in [6, 6.07) is 0.249. The summed E-state index contributed by atoms with van der Waals surface area (Å²) in [7, 11) is 0. The van der Waals surface area contributed by atoms with Gasteiger partial charge in [0.05, 0.1) is 12.7 Å². The third-order valence-corrected chi connectivity index (χ3v) is 3.87. The first kappa shape index (κ1) is 15.3. The fraction of sp³-hybridized carbons (Fsp3) is 0.867. The van der Waals surface area contributed by atoms with Crippen molar-refractivity contribution in [2.45, 2.75) is 64.0 Å². The molecular weight excluding hydrogens is 258 g/mol. The molecule has 2 rings (SSSR count). The van der Waals surface area contributed by atoms with Gasteiger partial charge in [0.1, 0.15) is 6.54 Å². The van der Waals surface area contributed by atoms with Gasteiger partial charge in [-0.25, -0.2) is 0 Å². The molecule has 1 saturated heterocycles. The van der Waals surface area contributed by atoms with Gasteiger partial charge in [0.15, 0.2) is 0 Å². The molecule has 0 aromatic carbocycles. The molecule has 1 atom stereocenters. The zero-order chi connectivity index (χ0) is 14.4. The van der Waals surface area contributed by atoms with Crippen molar-refractivity contribution in [2.24, 2.45) is 0 Å². The largest absolute Gasteiger partial charge is 0.465 e. The van der Waals surface area contributed by atoms with E-state index in [1.54, 1.807) is 11.8 Å². The normalized spacial score (nSPS) is 22.4. The molecule has 20 heavy (non-hydrogen) atoms. The SMILES string of the molecule is CCOC(=O)CN(C(=O)CCC1CCCCO1)C1CC1. The molecule has 2 aliphatic rings. The minimum Gasteiger partial charge on any atom is -0.465 e. The standard InChI is InChI=1S/C15H25NO4/c1-2-19-15(18)11-16(12-6-7-12)14(17)9-8-13-5-3-4-10-20-13/h12-13H,2-11H2,1H3. The Morgan fingerprint density at radius 2 is 2.05 bits per heavy atom. The van der Waals surface area contributed by atoms with Gasteiger partial charge in [-0.05, 0) is 45.4 Å². The maximum atomic E-state index is 12.3. The van der Waals surface area contributed by atoms with E-state index in [-0.39, 0.29) is 30.6 Å². The van der Waals surface area contributed by atoms with E-state index in [1.807, 2.05) is 0 Å². The summed E-state index contributed by atoms with van der Waals surface area (Å²) < 4.78 is 10.6. The van der Waals surface area contributed by atoms with Crippen molar-refractivity contribution in [3.8, 4) is 0 Å². The van der Waals surface area contributed by atoms with Crippen LogP contribution in [0.3, 0.4) is 0 Å². The number of nitrogens with zero attached hydrogens (tertiary/aromatic N) is 1. The van der Waals surface area contributed by atoms with E-state index >= 15 is 0 Å². The summed E-state index contributed by atoms with van der Waals surface area (Å²) in [4.78, 5) is 25.5. The Balaban J connectivity index is 1.76. The fourth-order valence-corrected chi connectivity index (χ4v) is 2.62. The lowest BCUT2D eigenvalue weighted by atomic mass is 10.0. The van der Waals surface area contributed by atoms with Crippen LogP contribution in [0.5, 0.6) is 0 Å². The molecule has 0 radical (unpaired) electrons. The Bertz CT molecular complexity index is 335. The van der Waals surface area contributed by atoms with E-state index in [0.29, 0.717) is 13.0 Å². The molecule has 1 saturated carbocycles. The summed E-state index contributed by atoms with van der Waals surface area (Å²) in [5, 5.41) is 0. The van der Waals surface area contributed by atoms with Gasteiger partial charge in [0.25, 0.3) is 0 Å². The Labute approximate surface area is 120 Å². The Hall–Kier alpha value is -1.10. The zero-order valence-corrected chi connectivity index (χ0v) is 12.3. The summed E-state index contributed by atoms with van der Waals surface area (Å²) in [6.45, 7) is 3.06. The molecule has 1 heterocycles. The second-order valence-electron chi connectivity index (χ2n) is 5.59. The number of amides is 1. The second-order valence-corrected chi connectivity index (χ2v) is 5.59. The molecule has 1 amide bonds. The number of hydrogen-bond acceptors (Lipinski definition) is 4. The molecule has 0 aromatic heterocycles. The van der Waals surface area contributed by atoms with Gasteiger partial charge in [-0.3, -0.25) is 9.59 Å². The number of carbonyl (C=O) groups is 2. The molecule has 1 aliphatic heterocycles. The number of rotatable bonds is 7. The van der Waals surface area contributed by atoms with Crippen LogP contribution in [0.2, 0.25) is 0 Å². The van der Waals surface area contributed by atoms with Crippen LogP contribution in [0.15, 0.2) is 0 Å². The summed E-state index contributed by atoms with van der Waals surface area (Å²) >= 11 is 0. The number of hydrogen-bond donors (Lipinski definition) is 0. The number of esters is 1. The van der Waals surface area contributed by atoms with Gasteiger partial charge in [-0.15, -0.1) is 0 Å². The third kappa shape index (κ3) is 4.78. The number of carbonyl (C=O) groups excluding carboxylic acids is 2. The second kappa shape index (κ2) is 7.62. The maximum absolute atomic E-state index is 12.3. The molecule has 0 N–H and O–H groups in total. The van der Waals surface area contributed by atoms with Crippen molar-refractivity contribution < 1.29 is 19.1 Å². The van der Waals surface area contributed by atoms with Crippen molar-refractivity contribution in [1.29, 1.82) is 0 Å². The first-order valence-electron chi connectivity index (χ1n) is 7.77. The zero-order valence-electron chi connectivity index (χ0n) is 12.3. The van der Waals surface area contributed by atoms with Gasteiger partial charge < -0.3 is 14.4 Å². The summed E-state index contributed by atoms with van der Waals surface area (Å²) in [6.07, 6.45) is 6.84. The fourth-order valence-electron chi connectivity index (χ4n) is 2.62. The lowest BCUT2D eigenvalue weighted by molar-refractivity contribution is -0.149. The summed E-state index contributed by atoms with van der Waals surface area (Å²) in [5.74, 6) is -0.239. The van der Waals surface area contributed by atoms with Crippen molar-refractivity contribution in [2.75, 3.05) is 19.8 Å². The number of ether oxygens (including phenoxy) is 2. The predicted molar refractivity (Wildman–Crippen MR) is 74.2 cm³/mol. The van der Waals surface area contributed by atoms with Crippen LogP contribution in [-0.4, -0.2) is 48.7 Å². The van der Waals surface area contributed by atoms with Gasteiger partial charge in [0, 0.05) is 19.1 Å². The van der Waals surface area contributed by atoms with E-state index in [0.717, 1.165) is 38.7 Å². The van der Waals surface area contributed by atoms with Crippen LogP contribution in [0.1, 0.15) is 51.9 Å². The monoisotopic (exact) mass is 283 g/mol. The van der Waals surface area contributed by atoms with Crippen LogP contribution >= 0.6 is 0 Å². The lowest BCUT2D eigenvalue weighted by Crippen LogP contribution is -2.38. The maximum Gasteiger partial charge on any atom is 0.325 e. The van der Waals surface area contributed by atoms with E-state index in [2.05, 4.69) is 0 Å². The van der Waals surface area contributed by atoms with E-state index in [4.69, 9.17) is 9.47 Å². The Morgan fingerprint density at radius 3 is 2.65 bits per heavy atom. The molecular formula is C15H25NO4. The summed E-state index contributed by atoms with van der Waals surface area (Å²) in [5.41, 5.74) is 0. The molecule has 0 spiro atoms. The molecule has 114 valence electrons. The molecule has 1 unspecified atom stereocenters. The molecule has 0 aromatic rings. The van der Waals surface area contributed by atoms with Gasteiger partial charge in [0.2, 0.25) is 5.91 Å². The third-order valence-electron chi connectivity index (χ3n) is 3.87. The average Bonchev–Trinajstić information content (AvgIpc) is 3.28. The van der Waals surface area contributed by atoms with Crippen LogP contribution in [0.25, 0.3) is 0 Å². The minimum atomic E-state index is -0.304. The van der Waals surface area contributed by atoms with E-state index in [9.17, 15) is 9.59 Å². The van der Waals surface area contributed by atoms with Gasteiger partial charge in [-0.1, -0.05) is 0 Å². The average molecular weight is 283 g/mol. The van der Waals surface area contributed by atoms with Gasteiger partial charge in [-0.2, -0.15) is 0 Å². The highest BCUT2D eigenvalue weighted by atomic mass is 16.5. The molecule has 0 bridgehead atoms. The van der Waals surface area contributed by atoms with Crippen LogP contribution in [-0.2, 0) is 19.1 Å². The van der Waals surface area contributed by atoms with Crippen LogP contribution in [0, 0.1) is 0 Å². The molecule has 1 aliphatic carbocycles. The molecule has 5 nitrogen and oxygen atoms in total. The lowest BCUT2D eigenvalue weighted by Gasteiger charge is -2.25. The highest BCUT2D eigenvalue weighted by Crippen LogP contribution is 2.28. The van der Waals surface area contributed by atoms with Crippen LogP contribution in [0.4, 0.5) is 0 Å². The first-order chi connectivity index (χ1) is 9.70. The quantitative estimate of drug-likeness (QED) is 0.670. The minimum absolute atomic E-state index is 0.0646. The van der Waals surface area contributed by atoms with Crippen molar-refractivity contribution in [3.63, 3.8) is 0 Å². The highest BCUT2D eigenvalue weighted by Gasteiger charge is 2.34. The predicted octanol–water partition coefficient (Wildman–Crippen LogP) is 1.89. The Kier molecular flexibility index (Phi) is 5.83. The topological polar surface area (TPSA) is 55.8 Å². The smallest absolute Gasteiger partial charge is 0.325 e. The van der Waals surface area contributed by atoms with E-state index in [1.165, 1.54) is 6.42 Å². The van der Waals surface area contributed by atoms with Crippen LogP contribution < -0.4 is 0 Å². The van der Waals surface area contributed by atoms with E-state index < -0.39 is 0 Å². The first-order valence-corrected chi connectivity index (χ1v) is 7.77. The van der Waals surface area contributed by atoms with Gasteiger partial charge >= 0.3 is 5.97 Å².